The van der Waals surface area contributed by atoms with Crippen molar-refractivity contribution in [2.24, 2.45) is 0 Å². The van der Waals surface area contributed by atoms with E-state index in [4.69, 9.17) is 4.74 Å². The van der Waals surface area contributed by atoms with E-state index in [9.17, 15) is 14.4 Å². The van der Waals surface area contributed by atoms with Gasteiger partial charge in [0.2, 0.25) is 5.91 Å². The van der Waals surface area contributed by atoms with Crippen molar-refractivity contribution < 1.29 is 19.1 Å². The zero-order valence-corrected chi connectivity index (χ0v) is 16.2. The van der Waals surface area contributed by atoms with E-state index in [-0.39, 0.29) is 5.91 Å². The monoisotopic (exact) mass is 386 g/mol. The Hall–Kier alpha value is -2.67. The van der Waals surface area contributed by atoms with Crippen molar-refractivity contribution >= 4 is 40.5 Å². The summed E-state index contributed by atoms with van der Waals surface area (Å²) in [6.07, 6.45) is 3.41. The second-order valence-corrected chi connectivity index (χ2v) is 7.70. The Morgan fingerprint density at radius 3 is 2.30 bits per heavy atom. The third-order valence-corrected chi connectivity index (χ3v) is 5.54. The fourth-order valence-electron chi connectivity index (χ4n) is 2.95. The molecule has 7 heteroatoms. The number of nitrogens with one attached hydrogen (secondary N) is 2. The van der Waals surface area contributed by atoms with Crippen molar-refractivity contribution in [2.45, 2.75) is 45.6 Å². The first-order valence-corrected chi connectivity index (χ1v) is 9.75. The molecular formula is C20H22N2O4S. The normalized spacial score (nSPS) is 14.0. The van der Waals surface area contributed by atoms with Gasteiger partial charge in [-0.25, -0.2) is 4.79 Å². The highest BCUT2D eigenvalue weighted by atomic mass is 32.1. The Bertz CT molecular complexity index is 834. The molecule has 2 amide bonds. The van der Waals surface area contributed by atoms with E-state index in [2.05, 4.69) is 10.6 Å². The van der Waals surface area contributed by atoms with Gasteiger partial charge in [-0.2, -0.15) is 0 Å². The van der Waals surface area contributed by atoms with Gasteiger partial charge in [-0.15, -0.1) is 11.3 Å². The third-order valence-electron chi connectivity index (χ3n) is 4.32. The van der Waals surface area contributed by atoms with Gasteiger partial charge in [0.1, 0.15) is 4.88 Å². The fraction of sp³-hybridized carbons (Fsp3) is 0.350. The minimum atomic E-state index is -0.911. The maximum atomic E-state index is 12.3. The number of esters is 1. The summed E-state index contributed by atoms with van der Waals surface area (Å²) in [5.41, 5.74) is 2.43. The van der Waals surface area contributed by atoms with Crippen LogP contribution < -0.4 is 10.6 Å². The predicted octanol–water partition coefficient (Wildman–Crippen LogP) is 3.77. The molecule has 6 nitrogen and oxygen atoms in total. The van der Waals surface area contributed by atoms with E-state index in [1.165, 1.54) is 28.7 Å². The molecule has 1 aliphatic rings. The molecule has 0 spiro atoms. The lowest BCUT2D eigenvalue weighted by Crippen LogP contribution is -2.29. The first-order valence-electron chi connectivity index (χ1n) is 8.93. The average Bonchev–Trinajstić information content (AvgIpc) is 3.07. The highest BCUT2D eigenvalue weighted by molar-refractivity contribution is 7.14. The lowest BCUT2D eigenvalue weighted by Gasteiger charge is -2.13. The molecule has 0 saturated heterocycles. The van der Waals surface area contributed by atoms with E-state index < -0.39 is 18.0 Å². The van der Waals surface area contributed by atoms with Gasteiger partial charge < -0.3 is 15.4 Å². The number of hydrogen-bond donors (Lipinski definition) is 2. The number of ether oxygens (including phenoxy) is 1. The van der Waals surface area contributed by atoms with Crippen molar-refractivity contribution in [1.82, 2.24) is 0 Å². The van der Waals surface area contributed by atoms with Gasteiger partial charge in [-0.1, -0.05) is 0 Å². The van der Waals surface area contributed by atoms with Crippen LogP contribution in [-0.2, 0) is 27.2 Å². The lowest BCUT2D eigenvalue weighted by molar-refractivity contribution is -0.123. The van der Waals surface area contributed by atoms with Crippen molar-refractivity contribution in [3.63, 3.8) is 0 Å². The van der Waals surface area contributed by atoms with E-state index >= 15 is 0 Å². The number of anilines is 2. The Labute approximate surface area is 161 Å². The van der Waals surface area contributed by atoms with Gasteiger partial charge >= 0.3 is 5.97 Å². The fourth-order valence-corrected chi connectivity index (χ4v) is 4.08. The zero-order valence-electron chi connectivity index (χ0n) is 15.3. The first kappa shape index (κ1) is 19.1. The number of amides is 2. The van der Waals surface area contributed by atoms with Crippen LogP contribution in [0.25, 0.3) is 0 Å². The molecule has 0 radical (unpaired) electrons. The third kappa shape index (κ3) is 4.95. The summed E-state index contributed by atoms with van der Waals surface area (Å²) in [5, 5.41) is 5.36. The summed E-state index contributed by atoms with van der Waals surface area (Å²) in [6.45, 7) is 2.97. The molecular weight excluding hydrogens is 364 g/mol. The van der Waals surface area contributed by atoms with Crippen molar-refractivity contribution in [3.05, 3.63) is 45.6 Å². The van der Waals surface area contributed by atoms with Gasteiger partial charge in [-0.05, 0) is 68.5 Å². The van der Waals surface area contributed by atoms with Crippen LogP contribution in [0.3, 0.4) is 0 Å². The summed E-state index contributed by atoms with van der Waals surface area (Å²) in [4.78, 5) is 37.5. The lowest BCUT2D eigenvalue weighted by atomic mass is 9.99. The topological polar surface area (TPSA) is 84.5 Å². The van der Waals surface area contributed by atoms with Gasteiger partial charge in [-0.3, -0.25) is 9.59 Å². The molecule has 1 aromatic heterocycles. The highest BCUT2D eigenvalue weighted by Crippen LogP contribution is 2.30. The number of hydrogen-bond acceptors (Lipinski definition) is 5. The molecule has 2 aromatic rings. The van der Waals surface area contributed by atoms with Crippen LogP contribution in [0.1, 0.15) is 46.8 Å². The summed E-state index contributed by atoms with van der Waals surface area (Å²) >= 11 is 1.47. The quantitative estimate of drug-likeness (QED) is 0.766. The van der Waals surface area contributed by atoms with E-state index in [1.54, 1.807) is 31.2 Å². The summed E-state index contributed by atoms with van der Waals surface area (Å²) in [5.74, 6) is -1.03. The number of rotatable bonds is 5. The molecule has 0 fully saturated rings. The molecule has 1 atom stereocenters. The molecule has 0 aliphatic heterocycles. The largest absolute Gasteiger partial charge is 0.448 e. The minimum absolute atomic E-state index is 0.164. The molecule has 1 aromatic carbocycles. The maximum Gasteiger partial charge on any atom is 0.349 e. The second-order valence-electron chi connectivity index (χ2n) is 6.56. The zero-order chi connectivity index (χ0) is 19.4. The SMILES string of the molecule is CC(=O)Nc1ccc(NC(=O)[C@H](C)OC(=O)c2cc3c(s2)CCCC3)cc1. The van der Waals surface area contributed by atoms with E-state index in [0.717, 1.165) is 25.7 Å². The Balaban J connectivity index is 1.56. The number of carbonyl (C=O) groups is 3. The van der Waals surface area contributed by atoms with Crippen LogP contribution >= 0.6 is 11.3 Å². The standard InChI is InChI=1S/C20H22N2O4S/c1-12(19(24)22-16-9-7-15(8-10-16)21-13(2)23)26-20(25)18-11-14-5-3-4-6-17(14)27-18/h7-12H,3-6H2,1-2H3,(H,21,23)(H,22,24)/t12-/m0/s1. The van der Waals surface area contributed by atoms with Crippen LogP contribution in [0.2, 0.25) is 0 Å². The van der Waals surface area contributed by atoms with E-state index in [1.807, 2.05) is 6.07 Å². The Morgan fingerprint density at radius 2 is 1.67 bits per heavy atom. The van der Waals surface area contributed by atoms with Gasteiger partial charge in [0.15, 0.2) is 6.10 Å². The molecule has 2 N–H and O–H groups in total. The molecule has 0 bridgehead atoms. The summed E-state index contributed by atoms with van der Waals surface area (Å²) < 4.78 is 5.33. The molecule has 1 aliphatic carbocycles. The summed E-state index contributed by atoms with van der Waals surface area (Å²) in [6, 6.07) is 8.61. The number of aryl methyl sites for hydroxylation is 2. The first-order chi connectivity index (χ1) is 12.9. The predicted molar refractivity (Wildman–Crippen MR) is 105 cm³/mol. The maximum absolute atomic E-state index is 12.3. The highest BCUT2D eigenvalue weighted by Gasteiger charge is 2.22. The van der Waals surface area contributed by atoms with Crippen LogP contribution in [0, 0.1) is 0 Å². The Morgan fingerprint density at radius 1 is 1.04 bits per heavy atom. The van der Waals surface area contributed by atoms with Crippen molar-refractivity contribution in [1.29, 1.82) is 0 Å². The molecule has 1 heterocycles. The van der Waals surface area contributed by atoms with Crippen LogP contribution in [0.5, 0.6) is 0 Å². The number of carbonyl (C=O) groups excluding carboxylic acids is 3. The van der Waals surface area contributed by atoms with Gasteiger partial charge in [0.25, 0.3) is 5.91 Å². The average molecular weight is 386 g/mol. The minimum Gasteiger partial charge on any atom is -0.448 e. The van der Waals surface area contributed by atoms with Crippen molar-refractivity contribution in [2.75, 3.05) is 10.6 Å². The number of thiophene rings is 1. The number of benzene rings is 1. The van der Waals surface area contributed by atoms with Crippen LogP contribution in [-0.4, -0.2) is 23.9 Å². The molecule has 0 unspecified atom stereocenters. The number of fused-ring (bicyclic) bond motifs is 1. The summed E-state index contributed by atoms with van der Waals surface area (Å²) in [7, 11) is 0. The van der Waals surface area contributed by atoms with Gasteiger partial charge in [0.05, 0.1) is 0 Å². The smallest absolute Gasteiger partial charge is 0.349 e. The van der Waals surface area contributed by atoms with Crippen LogP contribution in [0.15, 0.2) is 30.3 Å². The molecule has 3 rings (SSSR count). The van der Waals surface area contributed by atoms with Gasteiger partial charge in [0, 0.05) is 23.2 Å². The van der Waals surface area contributed by atoms with Crippen LogP contribution in [0.4, 0.5) is 11.4 Å². The van der Waals surface area contributed by atoms with E-state index in [0.29, 0.717) is 16.3 Å². The second kappa shape index (κ2) is 8.35. The molecule has 27 heavy (non-hydrogen) atoms. The molecule has 0 saturated carbocycles. The molecule has 142 valence electrons. The van der Waals surface area contributed by atoms with Crippen molar-refractivity contribution in [3.8, 4) is 0 Å². The Kier molecular flexibility index (Phi) is 5.91.